The van der Waals surface area contributed by atoms with Crippen molar-refractivity contribution in [2.24, 2.45) is 0 Å². The third-order valence-corrected chi connectivity index (χ3v) is 13.2. The molecule has 0 N–H and O–H groups in total. The summed E-state index contributed by atoms with van der Waals surface area (Å²) in [6.45, 7) is 0. The van der Waals surface area contributed by atoms with E-state index in [0.717, 1.165) is 82.3 Å². The van der Waals surface area contributed by atoms with Gasteiger partial charge in [-0.3, -0.25) is 4.57 Å². The van der Waals surface area contributed by atoms with Crippen molar-refractivity contribution >= 4 is 76.3 Å². The van der Waals surface area contributed by atoms with Crippen LogP contribution in [0.2, 0.25) is 0 Å². The first kappa shape index (κ1) is 37.2. The second kappa shape index (κ2) is 14.7. The van der Waals surface area contributed by atoms with E-state index in [4.69, 9.17) is 24.4 Å². The Kier molecular flexibility index (Phi) is 8.15. The van der Waals surface area contributed by atoms with Gasteiger partial charge in [0, 0.05) is 43.4 Å². The number of hydrogen-bond acceptors (Lipinski definition) is 5. The maximum Gasteiger partial charge on any atom is 0.238 e. The summed E-state index contributed by atoms with van der Waals surface area (Å²) in [6.07, 6.45) is 0. The largest absolute Gasteiger partial charge is 0.435 e. The molecule has 0 saturated heterocycles. The van der Waals surface area contributed by atoms with Crippen LogP contribution in [0, 0.1) is 0 Å². The molecule has 7 nitrogen and oxygen atoms in total. The summed E-state index contributed by atoms with van der Waals surface area (Å²) < 4.78 is 11.3. The summed E-state index contributed by atoms with van der Waals surface area (Å²) in [5, 5.41) is 9.17. The Labute approximate surface area is 383 Å². The lowest BCUT2D eigenvalue weighted by atomic mass is 9.90. The molecule has 0 radical (unpaired) electrons. The van der Waals surface area contributed by atoms with E-state index >= 15 is 0 Å². The van der Waals surface area contributed by atoms with Crippen molar-refractivity contribution in [3.8, 4) is 57.0 Å². The van der Waals surface area contributed by atoms with Crippen molar-refractivity contribution in [2.75, 3.05) is 0 Å². The lowest BCUT2D eigenvalue weighted by Crippen LogP contribution is -2.07. The Hall–Kier alpha value is -9.20. The molecule has 14 aromatic rings. The molecule has 4 aromatic heterocycles. The van der Waals surface area contributed by atoms with Crippen molar-refractivity contribution in [1.82, 2.24) is 29.1 Å². The van der Waals surface area contributed by atoms with Crippen LogP contribution in [0.15, 0.2) is 223 Å². The Morgan fingerprint density at radius 1 is 0.328 bits per heavy atom. The Morgan fingerprint density at radius 3 is 1.45 bits per heavy atom. The van der Waals surface area contributed by atoms with Gasteiger partial charge in [0.25, 0.3) is 0 Å². The third kappa shape index (κ3) is 5.65. The normalized spacial score (nSPS) is 11.9. The van der Waals surface area contributed by atoms with Gasteiger partial charge in [0.2, 0.25) is 11.8 Å². The van der Waals surface area contributed by atoms with Crippen molar-refractivity contribution < 1.29 is 4.42 Å². The number of para-hydroxylation sites is 3. The molecule has 0 unspecified atom stereocenters. The number of fused-ring (bicyclic) bond motifs is 10. The van der Waals surface area contributed by atoms with E-state index in [1.165, 1.54) is 21.9 Å². The van der Waals surface area contributed by atoms with E-state index in [-0.39, 0.29) is 0 Å². The minimum Gasteiger partial charge on any atom is -0.435 e. The fourth-order valence-corrected chi connectivity index (χ4v) is 10.3. The van der Waals surface area contributed by atoms with Gasteiger partial charge < -0.3 is 8.98 Å². The summed E-state index contributed by atoms with van der Waals surface area (Å²) in [7, 11) is 0. The predicted molar refractivity (Wildman–Crippen MR) is 273 cm³/mol. The zero-order chi connectivity index (χ0) is 44.0. The fraction of sp³-hybridized carbons (Fsp3) is 0. The average Bonchev–Trinajstić information content (AvgIpc) is 4.09. The second-order valence-electron chi connectivity index (χ2n) is 16.9. The first-order chi connectivity index (χ1) is 33.3. The van der Waals surface area contributed by atoms with Gasteiger partial charge in [0.1, 0.15) is 5.52 Å². The molecule has 0 spiro atoms. The number of rotatable bonds is 6. The van der Waals surface area contributed by atoms with Crippen molar-refractivity contribution in [1.29, 1.82) is 0 Å². The zero-order valence-electron chi connectivity index (χ0n) is 35.9. The summed E-state index contributed by atoms with van der Waals surface area (Å²) >= 11 is 0. The van der Waals surface area contributed by atoms with E-state index in [1.807, 2.05) is 78.9 Å². The van der Waals surface area contributed by atoms with Crippen LogP contribution in [0.5, 0.6) is 0 Å². The second-order valence-corrected chi connectivity index (χ2v) is 16.9. The van der Waals surface area contributed by atoms with E-state index in [9.17, 15) is 0 Å². The van der Waals surface area contributed by atoms with Gasteiger partial charge in [-0.25, -0.2) is 9.97 Å². The highest BCUT2D eigenvalue weighted by molar-refractivity contribution is 6.26. The molecule has 4 heterocycles. The summed E-state index contributed by atoms with van der Waals surface area (Å²) in [5.41, 5.74) is 11.5. The monoisotopic (exact) mass is 856 g/mol. The molecule has 14 rings (SSSR count). The van der Waals surface area contributed by atoms with E-state index in [2.05, 4.69) is 149 Å². The highest BCUT2D eigenvalue weighted by atomic mass is 16.3. The third-order valence-electron chi connectivity index (χ3n) is 13.2. The van der Waals surface area contributed by atoms with Gasteiger partial charge in [-0.2, -0.15) is 9.97 Å². The molecule has 0 amide bonds. The molecule has 0 fully saturated rings. The fourth-order valence-electron chi connectivity index (χ4n) is 10.3. The highest BCUT2D eigenvalue weighted by Gasteiger charge is 2.26. The molecule has 67 heavy (non-hydrogen) atoms. The van der Waals surface area contributed by atoms with Gasteiger partial charge in [-0.15, -0.1) is 0 Å². The first-order valence-electron chi connectivity index (χ1n) is 22.5. The topological polar surface area (TPSA) is 74.6 Å². The van der Waals surface area contributed by atoms with Crippen LogP contribution < -0.4 is 0 Å². The molecule has 0 aliphatic carbocycles. The molecular weight excluding hydrogens is 821 g/mol. The number of oxazole rings is 1. The quantitative estimate of drug-likeness (QED) is 0.156. The smallest absolute Gasteiger partial charge is 0.238 e. The van der Waals surface area contributed by atoms with Crippen LogP contribution in [0.25, 0.3) is 133 Å². The molecule has 7 heteroatoms. The van der Waals surface area contributed by atoms with Crippen molar-refractivity contribution in [3.05, 3.63) is 218 Å². The van der Waals surface area contributed by atoms with Crippen LogP contribution in [0.1, 0.15) is 0 Å². The number of nitrogens with zero attached hydrogens (tertiary/aromatic N) is 6. The Balaban J connectivity index is 1.13. The van der Waals surface area contributed by atoms with Crippen LogP contribution in [-0.2, 0) is 0 Å². The molecule has 0 aliphatic heterocycles. The average molecular weight is 857 g/mol. The molecule has 0 atom stereocenters. The van der Waals surface area contributed by atoms with Gasteiger partial charge in [-0.05, 0) is 58.3 Å². The lowest BCUT2D eigenvalue weighted by Gasteiger charge is -2.20. The minimum atomic E-state index is 0.484. The number of hydrogen-bond donors (Lipinski definition) is 0. The Bertz CT molecular complexity index is 4210. The molecule has 0 aliphatic rings. The van der Waals surface area contributed by atoms with Crippen molar-refractivity contribution in [2.45, 2.75) is 0 Å². The maximum absolute atomic E-state index is 6.60. The maximum atomic E-state index is 6.60. The van der Waals surface area contributed by atoms with E-state index in [1.54, 1.807) is 0 Å². The number of aromatic nitrogens is 6. The van der Waals surface area contributed by atoms with Gasteiger partial charge >= 0.3 is 0 Å². The lowest BCUT2D eigenvalue weighted by molar-refractivity contribution is 0.620. The molecular formula is C60H36N6O. The summed E-state index contributed by atoms with van der Waals surface area (Å²) in [5.74, 6) is 2.06. The van der Waals surface area contributed by atoms with Gasteiger partial charge in [0.05, 0.1) is 33.3 Å². The van der Waals surface area contributed by atoms with Crippen LogP contribution in [0.4, 0.5) is 0 Å². The SMILES string of the molecule is c1ccc(-c2nc(-c3cccc4nc(-c5ccccc5)oc34)nc(-n3c4ccccc4c4ccc5c6ccccc6n(-c6c7ccccc7c(-c7ccccc7)c7ccccc67)c5c43)n2)cc1. The van der Waals surface area contributed by atoms with E-state index in [0.29, 0.717) is 29.1 Å². The van der Waals surface area contributed by atoms with Crippen LogP contribution >= 0.6 is 0 Å². The predicted octanol–water partition coefficient (Wildman–Crippen LogP) is 15.2. The van der Waals surface area contributed by atoms with Gasteiger partial charge in [-0.1, -0.05) is 182 Å². The standard InChI is InChI=1S/C60H36N6O/c1-4-19-37(20-5-1)52-42-27-10-12-29-44(42)53(45-30-13-11-28-43(45)52)65-50-33-16-14-25-40(50)46-35-36-47-41-26-15-17-34-51(41)66(55(47)54(46)65)60-63-57(38-21-6-2-7-22-38)62-58(64-60)48-31-18-32-49-56(48)67-59(61-49)39-23-8-3-9-24-39/h1-36H. The van der Waals surface area contributed by atoms with Crippen LogP contribution in [0.3, 0.4) is 0 Å². The zero-order valence-corrected chi connectivity index (χ0v) is 35.9. The van der Waals surface area contributed by atoms with Crippen LogP contribution in [-0.4, -0.2) is 29.1 Å². The summed E-state index contributed by atoms with van der Waals surface area (Å²) in [4.78, 5) is 21.0. The molecule has 0 saturated carbocycles. The summed E-state index contributed by atoms with van der Waals surface area (Å²) in [6, 6.07) is 76.4. The minimum absolute atomic E-state index is 0.484. The first-order valence-corrected chi connectivity index (χ1v) is 22.5. The van der Waals surface area contributed by atoms with Crippen molar-refractivity contribution in [3.63, 3.8) is 0 Å². The number of benzene rings is 10. The molecule has 10 aromatic carbocycles. The van der Waals surface area contributed by atoms with E-state index < -0.39 is 0 Å². The molecule has 0 bridgehead atoms. The molecule has 312 valence electrons. The highest BCUT2D eigenvalue weighted by Crippen LogP contribution is 2.47. The Morgan fingerprint density at radius 2 is 0.821 bits per heavy atom. The van der Waals surface area contributed by atoms with Gasteiger partial charge in [0.15, 0.2) is 17.2 Å².